The lowest BCUT2D eigenvalue weighted by molar-refractivity contribution is -0.135. The van der Waals surface area contributed by atoms with Crippen molar-refractivity contribution in [1.29, 1.82) is 0 Å². The first-order valence-corrected chi connectivity index (χ1v) is 11.0. The number of para-hydroxylation sites is 1. The lowest BCUT2D eigenvalue weighted by Gasteiger charge is -2.23. The standard InChI is InChI=1S/C26H23ClN2O5/c1-32-24-12-9-18(13-25(24)33-2)22-14-21(17-7-10-20(27)11-8-17)28-29(22)26(31)16-34-23-6-4-3-5-19(23)15-30/h3-13,15,22H,14,16H2,1-2H3. The maximum Gasteiger partial charge on any atom is 0.281 e. The highest BCUT2D eigenvalue weighted by molar-refractivity contribution is 6.30. The molecule has 1 unspecified atom stereocenters. The van der Waals surface area contributed by atoms with Gasteiger partial charge >= 0.3 is 0 Å². The van der Waals surface area contributed by atoms with E-state index in [1.54, 1.807) is 56.7 Å². The summed E-state index contributed by atoms with van der Waals surface area (Å²) >= 11 is 6.04. The second-order valence-corrected chi connectivity index (χ2v) is 8.01. The Morgan fingerprint density at radius 3 is 2.47 bits per heavy atom. The Bertz CT molecular complexity index is 1230. The van der Waals surface area contributed by atoms with Gasteiger partial charge < -0.3 is 14.2 Å². The summed E-state index contributed by atoms with van der Waals surface area (Å²) in [6, 6.07) is 19.2. The van der Waals surface area contributed by atoms with Crippen LogP contribution in [0.4, 0.5) is 0 Å². The molecule has 0 N–H and O–H groups in total. The molecule has 0 saturated carbocycles. The molecule has 0 radical (unpaired) electrons. The first-order chi connectivity index (χ1) is 16.5. The number of aldehydes is 1. The Balaban J connectivity index is 1.63. The van der Waals surface area contributed by atoms with Gasteiger partial charge in [-0.3, -0.25) is 9.59 Å². The first kappa shape index (κ1) is 23.3. The van der Waals surface area contributed by atoms with Crippen LogP contribution in [0.25, 0.3) is 0 Å². The number of benzene rings is 3. The molecule has 1 heterocycles. The van der Waals surface area contributed by atoms with Gasteiger partial charge in [-0.1, -0.05) is 41.9 Å². The van der Waals surface area contributed by atoms with Crippen molar-refractivity contribution >= 4 is 29.5 Å². The topological polar surface area (TPSA) is 77.4 Å². The van der Waals surface area contributed by atoms with Gasteiger partial charge in [0, 0.05) is 11.4 Å². The van der Waals surface area contributed by atoms with Crippen LogP contribution in [0.3, 0.4) is 0 Å². The molecule has 1 aliphatic rings. The molecule has 8 heteroatoms. The zero-order chi connectivity index (χ0) is 24.1. The second-order valence-electron chi connectivity index (χ2n) is 7.57. The predicted molar refractivity (Wildman–Crippen MR) is 129 cm³/mol. The number of halogens is 1. The number of carbonyl (C=O) groups excluding carboxylic acids is 2. The van der Waals surface area contributed by atoms with E-state index >= 15 is 0 Å². The van der Waals surface area contributed by atoms with Crippen molar-refractivity contribution in [2.24, 2.45) is 5.10 Å². The Kier molecular flexibility index (Phi) is 7.13. The maximum absolute atomic E-state index is 13.2. The van der Waals surface area contributed by atoms with E-state index in [4.69, 9.17) is 25.8 Å². The summed E-state index contributed by atoms with van der Waals surface area (Å²) in [5, 5.41) is 6.68. The number of carbonyl (C=O) groups is 2. The minimum Gasteiger partial charge on any atom is -0.493 e. The molecule has 1 amide bonds. The molecule has 174 valence electrons. The zero-order valence-corrected chi connectivity index (χ0v) is 19.5. The van der Waals surface area contributed by atoms with Gasteiger partial charge in [0.25, 0.3) is 5.91 Å². The van der Waals surface area contributed by atoms with Crippen LogP contribution in [-0.2, 0) is 4.79 Å². The third-order valence-electron chi connectivity index (χ3n) is 5.53. The van der Waals surface area contributed by atoms with Crippen molar-refractivity contribution in [3.63, 3.8) is 0 Å². The van der Waals surface area contributed by atoms with E-state index in [2.05, 4.69) is 5.10 Å². The Morgan fingerprint density at radius 2 is 1.76 bits per heavy atom. The van der Waals surface area contributed by atoms with Crippen LogP contribution in [-0.4, -0.2) is 43.7 Å². The number of methoxy groups -OCH3 is 2. The van der Waals surface area contributed by atoms with Crippen LogP contribution in [0.1, 0.15) is 33.9 Å². The van der Waals surface area contributed by atoms with Crippen LogP contribution < -0.4 is 14.2 Å². The summed E-state index contributed by atoms with van der Waals surface area (Å²) in [6.45, 7) is -0.272. The molecular weight excluding hydrogens is 456 g/mol. The molecule has 3 aromatic carbocycles. The highest BCUT2D eigenvalue weighted by Gasteiger charge is 2.34. The van der Waals surface area contributed by atoms with Gasteiger partial charge in [-0.2, -0.15) is 5.10 Å². The van der Waals surface area contributed by atoms with Gasteiger partial charge in [0.15, 0.2) is 24.4 Å². The van der Waals surface area contributed by atoms with Crippen LogP contribution in [0.5, 0.6) is 17.2 Å². The van der Waals surface area contributed by atoms with Gasteiger partial charge in [-0.25, -0.2) is 5.01 Å². The summed E-state index contributed by atoms with van der Waals surface area (Å²) in [5.41, 5.74) is 2.83. The number of hydrazone groups is 1. The molecule has 0 bridgehead atoms. The number of rotatable bonds is 8. The summed E-state index contributed by atoms with van der Waals surface area (Å²) in [7, 11) is 3.13. The third-order valence-corrected chi connectivity index (χ3v) is 5.78. The monoisotopic (exact) mass is 478 g/mol. The van der Waals surface area contributed by atoms with E-state index in [1.165, 1.54) is 5.01 Å². The number of ether oxygens (including phenoxy) is 3. The van der Waals surface area contributed by atoms with E-state index in [-0.39, 0.29) is 18.6 Å². The SMILES string of the molecule is COc1ccc(C2CC(c3ccc(Cl)cc3)=NN2C(=O)COc2ccccc2C=O)cc1OC. The molecule has 0 fully saturated rings. The summed E-state index contributed by atoms with van der Waals surface area (Å²) < 4.78 is 16.5. The summed E-state index contributed by atoms with van der Waals surface area (Å²) in [6.07, 6.45) is 1.19. The van der Waals surface area contributed by atoms with Crippen molar-refractivity contribution in [3.8, 4) is 17.2 Å². The lowest BCUT2D eigenvalue weighted by atomic mass is 9.98. The molecule has 1 aliphatic heterocycles. The lowest BCUT2D eigenvalue weighted by Crippen LogP contribution is -2.31. The fourth-order valence-electron chi connectivity index (χ4n) is 3.79. The minimum absolute atomic E-state index is 0.272. The minimum atomic E-state index is -0.372. The molecule has 1 atom stereocenters. The van der Waals surface area contributed by atoms with Gasteiger partial charge in [-0.05, 0) is 47.5 Å². The Morgan fingerprint density at radius 1 is 1.03 bits per heavy atom. The Labute approximate surface area is 202 Å². The molecule has 3 aromatic rings. The molecule has 0 aliphatic carbocycles. The third kappa shape index (κ3) is 4.89. The van der Waals surface area contributed by atoms with Gasteiger partial charge in [0.2, 0.25) is 0 Å². The average Bonchev–Trinajstić information content (AvgIpc) is 3.33. The normalized spacial score (nSPS) is 15.0. The molecule has 0 spiro atoms. The summed E-state index contributed by atoms with van der Waals surface area (Å²) in [4.78, 5) is 24.5. The van der Waals surface area contributed by atoms with Crippen molar-refractivity contribution in [2.45, 2.75) is 12.5 Å². The number of hydrogen-bond donors (Lipinski definition) is 0. The van der Waals surface area contributed by atoms with Crippen molar-refractivity contribution in [1.82, 2.24) is 5.01 Å². The van der Waals surface area contributed by atoms with E-state index in [0.717, 1.165) is 16.8 Å². The fourth-order valence-corrected chi connectivity index (χ4v) is 3.92. The van der Waals surface area contributed by atoms with E-state index in [0.29, 0.717) is 40.5 Å². The highest BCUT2D eigenvalue weighted by Crippen LogP contribution is 2.37. The van der Waals surface area contributed by atoms with E-state index in [1.807, 2.05) is 24.3 Å². The van der Waals surface area contributed by atoms with Gasteiger partial charge in [0.05, 0.1) is 31.5 Å². The zero-order valence-electron chi connectivity index (χ0n) is 18.7. The number of hydrogen-bond acceptors (Lipinski definition) is 6. The van der Waals surface area contributed by atoms with Crippen LogP contribution >= 0.6 is 11.6 Å². The first-order valence-electron chi connectivity index (χ1n) is 10.6. The maximum atomic E-state index is 13.2. The molecule has 4 rings (SSSR count). The van der Waals surface area contributed by atoms with Crippen LogP contribution in [0, 0.1) is 0 Å². The van der Waals surface area contributed by atoms with Gasteiger partial charge in [-0.15, -0.1) is 0 Å². The summed E-state index contributed by atoms with van der Waals surface area (Å²) in [5.74, 6) is 1.15. The molecule has 0 saturated heterocycles. The fraction of sp³-hybridized carbons (Fsp3) is 0.192. The largest absolute Gasteiger partial charge is 0.493 e. The van der Waals surface area contributed by atoms with E-state index < -0.39 is 0 Å². The number of nitrogens with zero attached hydrogens (tertiary/aromatic N) is 2. The Hall–Kier alpha value is -3.84. The quantitative estimate of drug-likeness (QED) is 0.429. The van der Waals surface area contributed by atoms with E-state index in [9.17, 15) is 9.59 Å². The van der Waals surface area contributed by atoms with Crippen molar-refractivity contribution < 1.29 is 23.8 Å². The van der Waals surface area contributed by atoms with Crippen LogP contribution in [0.2, 0.25) is 5.02 Å². The average molecular weight is 479 g/mol. The number of amides is 1. The highest BCUT2D eigenvalue weighted by atomic mass is 35.5. The van der Waals surface area contributed by atoms with Crippen LogP contribution in [0.15, 0.2) is 71.8 Å². The van der Waals surface area contributed by atoms with Crippen molar-refractivity contribution in [2.75, 3.05) is 20.8 Å². The molecule has 0 aromatic heterocycles. The second kappa shape index (κ2) is 10.4. The molecular formula is C26H23ClN2O5. The van der Waals surface area contributed by atoms with Crippen molar-refractivity contribution in [3.05, 3.63) is 88.4 Å². The predicted octanol–water partition coefficient (Wildman–Crippen LogP) is 4.93. The van der Waals surface area contributed by atoms with Gasteiger partial charge in [0.1, 0.15) is 5.75 Å². The molecule has 7 nitrogen and oxygen atoms in total. The smallest absolute Gasteiger partial charge is 0.281 e. The molecule has 34 heavy (non-hydrogen) atoms.